The van der Waals surface area contributed by atoms with E-state index >= 15 is 0 Å². The summed E-state index contributed by atoms with van der Waals surface area (Å²) in [6.07, 6.45) is 8.89. The van der Waals surface area contributed by atoms with E-state index in [1.165, 1.54) is 11.4 Å². The van der Waals surface area contributed by atoms with Crippen molar-refractivity contribution in [3.63, 3.8) is 0 Å². The molecule has 1 aliphatic heterocycles. The number of aromatic nitrogens is 3. The number of carbonyl (C=O) groups excluding carboxylic acids is 1. The summed E-state index contributed by atoms with van der Waals surface area (Å²) in [7, 11) is 2.21. The average molecular weight is 359 g/mol. The summed E-state index contributed by atoms with van der Waals surface area (Å²) < 4.78 is 1.81. The standard InChI is InChI=1S/C18H25N5OS/c1-3-23-12-14(11-20-23)17(24)22-7-4-18(5-8-22)10-15(18)21(2)13-16-19-6-9-25-16/h6,9,11-12,15H,3-5,7-8,10,13H2,1-2H3/t15-/m1/s1. The number of hydrogen-bond donors (Lipinski definition) is 0. The van der Waals surface area contributed by atoms with Crippen LogP contribution in [0.3, 0.4) is 0 Å². The lowest BCUT2D eigenvalue weighted by atomic mass is 9.92. The first-order valence-electron chi connectivity index (χ1n) is 9.02. The fourth-order valence-corrected chi connectivity index (χ4v) is 4.80. The Kier molecular flexibility index (Phi) is 4.37. The van der Waals surface area contributed by atoms with Crippen LogP contribution in [0.2, 0.25) is 0 Å². The van der Waals surface area contributed by atoms with Gasteiger partial charge >= 0.3 is 0 Å². The fraction of sp³-hybridized carbons (Fsp3) is 0.611. The molecule has 1 aliphatic carbocycles. The molecule has 4 rings (SSSR count). The van der Waals surface area contributed by atoms with Crippen LogP contribution >= 0.6 is 11.3 Å². The molecule has 0 radical (unpaired) electrons. The van der Waals surface area contributed by atoms with E-state index in [9.17, 15) is 4.79 Å². The van der Waals surface area contributed by atoms with Crippen LogP contribution in [0.1, 0.15) is 41.6 Å². The molecule has 1 spiro atoms. The molecule has 2 aromatic rings. The van der Waals surface area contributed by atoms with Gasteiger partial charge in [-0.1, -0.05) is 0 Å². The van der Waals surface area contributed by atoms with Crippen LogP contribution < -0.4 is 0 Å². The second kappa shape index (κ2) is 6.53. The molecule has 2 aliphatic rings. The van der Waals surface area contributed by atoms with Crippen molar-refractivity contribution in [1.29, 1.82) is 0 Å². The number of thiazole rings is 1. The van der Waals surface area contributed by atoms with E-state index in [0.29, 0.717) is 17.0 Å². The molecule has 0 unspecified atom stereocenters. The van der Waals surface area contributed by atoms with Crippen molar-refractivity contribution in [3.8, 4) is 0 Å². The van der Waals surface area contributed by atoms with Gasteiger partial charge in [-0.15, -0.1) is 11.3 Å². The third-order valence-electron chi connectivity index (χ3n) is 5.80. The van der Waals surface area contributed by atoms with E-state index in [4.69, 9.17) is 0 Å². The van der Waals surface area contributed by atoms with Crippen LogP contribution in [0, 0.1) is 5.41 Å². The minimum Gasteiger partial charge on any atom is -0.339 e. The highest BCUT2D eigenvalue weighted by Crippen LogP contribution is 2.56. The van der Waals surface area contributed by atoms with Gasteiger partial charge in [0.05, 0.1) is 18.3 Å². The third-order valence-corrected chi connectivity index (χ3v) is 6.56. The highest BCUT2D eigenvalue weighted by molar-refractivity contribution is 7.09. The smallest absolute Gasteiger partial charge is 0.257 e. The normalized spacial score (nSPS) is 21.9. The van der Waals surface area contributed by atoms with E-state index < -0.39 is 0 Å². The van der Waals surface area contributed by atoms with Crippen molar-refractivity contribution in [2.45, 2.75) is 45.3 Å². The quantitative estimate of drug-likeness (QED) is 0.823. The highest BCUT2D eigenvalue weighted by Gasteiger charge is 2.56. The molecular weight excluding hydrogens is 334 g/mol. The molecule has 0 aromatic carbocycles. The lowest BCUT2D eigenvalue weighted by Gasteiger charge is -2.34. The van der Waals surface area contributed by atoms with E-state index in [-0.39, 0.29) is 5.91 Å². The summed E-state index contributed by atoms with van der Waals surface area (Å²) in [5.74, 6) is 0.128. The summed E-state index contributed by atoms with van der Waals surface area (Å²) in [4.78, 5) is 21.5. The van der Waals surface area contributed by atoms with Gasteiger partial charge in [-0.3, -0.25) is 14.4 Å². The predicted octanol–water partition coefficient (Wildman–Crippen LogP) is 2.49. The summed E-state index contributed by atoms with van der Waals surface area (Å²) in [6, 6.07) is 0.636. The summed E-state index contributed by atoms with van der Waals surface area (Å²) in [6.45, 7) is 5.48. The Balaban J connectivity index is 1.32. The summed E-state index contributed by atoms with van der Waals surface area (Å²) >= 11 is 1.72. The van der Waals surface area contributed by atoms with Gasteiger partial charge in [0.1, 0.15) is 5.01 Å². The van der Waals surface area contributed by atoms with Gasteiger partial charge in [0.2, 0.25) is 0 Å². The van der Waals surface area contributed by atoms with Crippen LogP contribution in [0.5, 0.6) is 0 Å². The number of amides is 1. The Morgan fingerprint density at radius 1 is 1.44 bits per heavy atom. The predicted molar refractivity (Wildman–Crippen MR) is 97.5 cm³/mol. The van der Waals surface area contributed by atoms with Gasteiger partial charge in [-0.2, -0.15) is 5.10 Å². The Morgan fingerprint density at radius 2 is 2.24 bits per heavy atom. The van der Waals surface area contributed by atoms with Gasteiger partial charge in [0, 0.05) is 43.4 Å². The maximum absolute atomic E-state index is 12.6. The molecule has 2 aromatic heterocycles. The molecule has 0 N–H and O–H groups in total. The van der Waals surface area contributed by atoms with Crippen molar-refractivity contribution in [2.24, 2.45) is 5.41 Å². The van der Waals surface area contributed by atoms with Crippen molar-refractivity contribution in [1.82, 2.24) is 24.6 Å². The maximum Gasteiger partial charge on any atom is 0.257 e. The van der Waals surface area contributed by atoms with E-state index in [2.05, 4.69) is 22.0 Å². The van der Waals surface area contributed by atoms with Gasteiger partial charge in [-0.25, -0.2) is 4.98 Å². The lowest BCUT2D eigenvalue weighted by molar-refractivity contribution is 0.0657. The zero-order chi connectivity index (χ0) is 17.4. The molecule has 1 saturated carbocycles. The second-order valence-electron chi connectivity index (χ2n) is 7.30. The monoisotopic (exact) mass is 359 g/mol. The number of likely N-dealkylation sites (tertiary alicyclic amines) is 1. The molecule has 1 saturated heterocycles. The zero-order valence-corrected chi connectivity index (χ0v) is 15.7. The number of rotatable bonds is 5. The second-order valence-corrected chi connectivity index (χ2v) is 8.28. The van der Waals surface area contributed by atoms with Crippen molar-refractivity contribution in [2.75, 3.05) is 20.1 Å². The fourth-order valence-electron chi connectivity index (χ4n) is 4.13. The molecule has 0 bridgehead atoms. The van der Waals surface area contributed by atoms with Crippen LogP contribution in [-0.2, 0) is 13.1 Å². The van der Waals surface area contributed by atoms with Gasteiger partial charge in [0.15, 0.2) is 0 Å². The molecule has 7 heteroatoms. The highest BCUT2D eigenvalue weighted by atomic mass is 32.1. The minimum absolute atomic E-state index is 0.128. The first-order valence-corrected chi connectivity index (χ1v) is 9.89. The first kappa shape index (κ1) is 16.7. The van der Waals surface area contributed by atoms with Gasteiger partial charge in [0.25, 0.3) is 5.91 Å². The molecule has 6 nitrogen and oxygen atoms in total. The average Bonchev–Trinajstić information content (AvgIpc) is 3.02. The molecular formula is C18H25N5OS. The molecule has 1 amide bonds. The Labute approximate surface area is 152 Å². The Hall–Kier alpha value is -1.73. The number of nitrogens with zero attached hydrogens (tertiary/aromatic N) is 5. The largest absolute Gasteiger partial charge is 0.339 e. The number of aryl methyl sites for hydroxylation is 1. The van der Waals surface area contributed by atoms with E-state index in [0.717, 1.165) is 39.0 Å². The van der Waals surface area contributed by atoms with E-state index in [1.807, 2.05) is 34.3 Å². The number of hydrogen-bond acceptors (Lipinski definition) is 5. The molecule has 25 heavy (non-hydrogen) atoms. The van der Waals surface area contributed by atoms with Crippen molar-refractivity contribution >= 4 is 17.2 Å². The number of piperidine rings is 1. The molecule has 3 heterocycles. The summed E-state index contributed by atoms with van der Waals surface area (Å²) in [5.41, 5.74) is 1.13. The van der Waals surface area contributed by atoms with Crippen LogP contribution in [0.25, 0.3) is 0 Å². The van der Waals surface area contributed by atoms with Gasteiger partial charge in [-0.05, 0) is 38.6 Å². The van der Waals surface area contributed by atoms with Crippen LogP contribution in [-0.4, -0.2) is 56.7 Å². The van der Waals surface area contributed by atoms with Crippen molar-refractivity contribution < 1.29 is 4.79 Å². The Morgan fingerprint density at radius 3 is 2.88 bits per heavy atom. The van der Waals surface area contributed by atoms with Gasteiger partial charge < -0.3 is 4.90 Å². The van der Waals surface area contributed by atoms with Crippen LogP contribution in [0.15, 0.2) is 24.0 Å². The SMILES string of the molecule is CCn1cc(C(=O)N2CCC3(CC2)C[C@H]3N(C)Cc2nccs2)cn1. The van der Waals surface area contributed by atoms with Crippen molar-refractivity contribution in [3.05, 3.63) is 34.5 Å². The molecule has 1 atom stereocenters. The molecule has 2 fully saturated rings. The topological polar surface area (TPSA) is 54.3 Å². The minimum atomic E-state index is 0.128. The Bertz CT molecular complexity index is 732. The third kappa shape index (κ3) is 3.22. The molecule has 134 valence electrons. The summed E-state index contributed by atoms with van der Waals surface area (Å²) in [5, 5.41) is 7.44. The lowest BCUT2D eigenvalue weighted by Crippen LogP contribution is -2.41. The first-order chi connectivity index (χ1) is 12.1. The number of carbonyl (C=O) groups is 1. The van der Waals surface area contributed by atoms with E-state index in [1.54, 1.807) is 17.5 Å². The maximum atomic E-state index is 12.6. The zero-order valence-electron chi connectivity index (χ0n) is 14.9. The van der Waals surface area contributed by atoms with Crippen LogP contribution in [0.4, 0.5) is 0 Å².